The van der Waals surface area contributed by atoms with Crippen LogP contribution >= 0.6 is 0 Å². The van der Waals surface area contributed by atoms with Gasteiger partial charge in [-0.25, -0.2) is 0 Å². The molecule has 1 aromatic rings. The summed E-state index contributed by atoms with van der Waals surface area (Å²) in [7, 11) is 0. The van der Waals surface area contributed by atoms with Crippen molar-refractivity contribution in [1.29, 1.82) is 0 Å². The first-order valence-electron chi connectivity index (χ1n) is 10.8. The summed E-state index contributed by atoms with van der Waals surface area (Å²) in [5.41, 5.74) is 2.81. The average molecular weight is 396 g/mol. The highest BCUT2D eigenvalue weighted by atomic mass is 16.2. The smallest absolute Gasteiger partial charge is 0.255 e. The second-order valence-electron chi connectivity index (χ2n) is 8.98. The Labute approximate surface area is 170 Å². The number of hydrogen-bond donors (Lipinski definition) is 3. The van der Waals surface area contributed by atoms with E-state index in [1.54, 1.807) is 4.90 Å². The molecule has 3 saturated heterocycles. The number of nitrogens with one attached hydrogen (secondary N) is 3. The Bertz CT molecular complexity index is 846. The molecule has 0 radical (unpaired) electrons. The molecule has 4 fully saturated rings. The first-order valence-corrected chi connectivity index (χ1v) is 10.8. The van der Waals surface area contributed by atoms with E-state index >= 15 is 0 Å². The number of hydrogen-bond acceptors (Lipinski definition) is 5. The largest absolute Gasteiger partial charge is 0.322 e. The number of rotatable bonds is 5. The first-order chi connectivity index (χ1) is 14.1. The zero-order valence-corrected chi connectivity index (χ0v) is 16.6. The van der Waals surface area contributed by atoms with E-state index in [0.717, 1.165) is 30.1 Å². The fourth-order valence-electron chi connectivity index (χ4n) is 5.50. The lowest BCUT2D eigenvalue weighted by atomic mass is 9.74. The number of fused-ring (bicyclic) bond motifs is 4. The van der Waals surface area contributed by atoms with Gasteiger partial charge in [0.05, 0.1) is 0 Å². The Hall–Kier alpha value is -2.25. The van der Waals surface area contributed by atoms with Crippen LogP contribution in [0.3, 0.4) is 0 Å². The van der Waals surface area contributed by atoms with Gasteiger partial charge in [0.1, 0.15) is 6.04 Å². The van der Waals surface area contributed by atoms with Crippen LogP contribution in [0, 0.1) is 11.8 Å². The van der Waals surface area contributed by atoms with Crippen LogP contribution in [0.1, 0.15) is 53.6 Å². The van der Waals surface area contributed by atoms with Crippen LogP contribution in [-0.2, 0) is 22.7 Å². The summed E-state index contributed by atoms with van der Waals surface area (Å²) < 4.78 is 0. The number of carbonyl (C=O) groups excluding carboxylic acids is 3. The number of benzene rings is 1. The zero-order valence-electron chi connectivity index (χ0n) is 16.6. The monoisotopic (exact) mass is 396 g/mol. The van der Waals surface area contributed by atoms with Crippen molar-refractivity contribution in [2.75, 3.05) is 13.1 Å². The van der Waals surface area contributed by atoms with Gasteiger partial charge in [-0.1, -0.05) is 12.1 Å². The van der Waals surface area contributed by atoms with E-state index in [9.17, 15) is 14.4 Å². The molecule has 0 aromatic heterocycles. The molecule has 3 amide bonds. The number of imide groups is 1. The van der Waals surface area contributed by atoms with Crippen LogP contribution in [0.5, 0.6) is 0 Å². The van der Waals surface area contributed by atoms with E-state index in [-0.39, 0.29) is 24.1 Å². The minimum Gasteiger partial charge on any atom is -0.322 e. The van der Waals surface area contributed by atoms with E-state index in [2.05, 4.69) is 22.0 Å². The van der Waals surface area contributed by atoms with Crippen LogP contribution in [0.15, 0.2) is 18.2 Å². The third-order valence-electron chi connectivity index (χ3n) is 7.08. The van der Waals surface area contributed by atoms with Gasteiger partial charge in [0.15, 0.2) is 0 Å². The fourth-order valence-corrected chi connectivity index (χ4v) is 5.50. The van der Waals surface area contributed by atoms with Crippen molar-refractivity contribution in [3.8, 4) is 0 Å². The molecule has 1 aromatic carbocycles. The van der Waals surface area contributed by atoms with Gasteiger partial charge in [-0.05, 0) is 67.8 Å². The van der Waals surface area contributed by atoms with Gasteiger partial charge in [0.2, 0.25) is 11.8 Å². The molecule has 29 heavy (non-hydrogen) atoms. The first kappa shape index (κ1) is 18.8. The van der Waals surface area contributed by atoms with Gasteiger partial charge in [-0.2, -0.15) is 0 Å². The molecule has 2 bridgehead atoms. The van der Waals surface area contributed by atoms with Crippen molar-refractivity contribution >= 4 is 17.7 Å². The summed E-state index contributed by atoms with van der Waals surface area (Å²) in [5, 5.41) is 9.62. The molecule has 4 atom stereocenters. The van der Waals surface area contributed by atoms with E-state index in [1.807, 2.05) is 12.1 Å². The Morgan fingerprint density at radius 3 is 2.76 bits per heavy atom. The van der Waals surface area contributed by atoms with Gasteiger partial charge in [0, 0.05) is 31.1 Å². The summed E-state index contributed by atoms with van der Waals surface area (Å²) in [6.45, 7) is 3.43. The Balaban J connectivity index is 1.20. The highest BCUT2D eigenvalue weighted by Crippen LogP contribution is 2.33. The van der Waals surface area contributed by atoms with E-state index in [4.69, 9.17) is 0 Å². The molecule has 1 saturated carbocycles. The van der Waals surface area contributed by atoms with Crippen molar-refractivity contribution in [1.82, 2.24) is 20.9 Å². The minimum atomic E-state index is -0.552. The van der Waals surface area contributed by atoms with Gasteiger partial charge in [0.25, 0.3) is 5.91 Å². The zero-order chi connectivity index (χ0) is 20.0. The van der Waals surface area contributed by atoms with Crippen molar-refractivity contribution < 1.29 is 14.4 Å². The van der Waals surface area contributed by atoms with Gasteiger partial charge >= 0.3 is 0 Å². The second-order valence-corrected chi connectivity index (χ2v) is 8.98. The minimum absolute atomic E-state index is 0.113. The van der Waals surface area contributed by atoms with Crippen LogP contribution in [0.4, 0.5) is 0 Å². The molecule has 5 aliphatic rings. The van der Waals surface area contributed by atoms with Crippen molar-refractivity contribution in [2.24, 2.45) is 11.8 Å². The van der Waals surface area contributed by atoms with Crippen LogP contribution in [0.2, 0.25) is 0 Å². The maximum absolute atomic E-state index is 12.8. The summed E-state index contributed by atoms with van der Waals surface area (Å²) in [5.74, 6) is 0.820. The Kier molecular flexibility index (Phi) is 4.87. The molecule has 7 nitrogen and oxygen atoms in total. The number of carbonyl (C=O) groups is 3. The highest BCUT2D eigenvalue weighted by molar-refractivity contribution is 6.05. The topological polar surface area (TPSA) is 90.5 Å². The third kappa shape index (κ3) is 3.57. The van der Waals surface area contributed by atoms with Crippen LogP contribution in [-0.4, -0.2) is 47.8 Å². The third-order valence-corrected chi connectivity index (χ3v) is 7.08. The predicted octanol–water partition coefficient (Wildman–Crippen LogP) is 0.925. The van der Waals surface area contributed by atoms with E-state index in [1.165, 1.54) is 25.8 Å². The molecule has 154 valence electrons. The van der Waals surface area contributed by atoms with Crippen molar-refractivity contribution in [3.63, 3.8) is 0 Å². The average Bonchev–Trinajstić information content (AvgIpc) is 3.05. The molecule has 1 aliphatic carbocycles. The number of amides is 3. The van der Waals surface area contributed by atoms with Gasteiger partial charge in [-0.3, -0.25) is 19.7 Å². The molecular formula is C22H28N4O3. The van der Waals surface area contributed by atoms with E-state index < -0.39 is 6.04 Å². The highest BCUT2D eigenvalue weighted by Gasteiger charge is 2.39. The molecule has 7 heteroatoms. The Morgan fingerprint density at radius 2 is 2.03 bits per heavy atom. The number of nitrogens with zero attached hydrogens (tertiary/aromatic N) is 1. The van der Waals surface area contributed by atoms with E-state index in [0.29, 0.717) is 30.5 Å². The van der Waals surface area contributed by atoms with Crippen LogP contribution < -0.4 is 16.0 Å². The summed E-state index contributed by atoms with van der Waals surface area (Å²) >= 11 is 0. The molecule has 4 aliphatic heterocycles. The van der Waals surface area contributed by atoms with Gasteiger partial charge in [-0.15, -0.1) is 0 Å². The molecule has 4 heterocycles. The fraction of sp³-hybridized carbons (Fsp3) is 0.591. The maximum Gasteiger partial charge on any atom is 0.255 e. The van der Waals surface area contributed by atoms with Crippen LogP contribution in [0.25, 0.3) is 0 Å². The summed E-state index contributed by atoms with van der Waals surface area (Å²) in [4.78, 5) is 37.9. The predicted molar refractivity (Wildman–Crippen MR) is 107 cm³/mol. The normalized spacial score (nSPS) is 31.2. The van der Waals surface area contributed by atoms with Crippen molar-refractivity contribution in [3.05, 3.63) is 34.9 Å². The molecule has 0 spiro atoms. The lowest BCUT2D eigenvalue weighted by Crippen LogP contribution is -2.52. The standard InChI is InChI=1S/C22H28N4O3/c27-20-6-5-19(21(28)25-20)26-12-16-8-13(1-3-17(16)22(26)29)9-23-11-15-7-14-2-4-18(15)24-10-14/h1,3,8,14-15,18-19,23-24H,2,4-7,9-12H2,(H,25,27,28). The molecule has 6 rings (SSSR count). The lowest BCUT2D eigenvalue weighted by Gasteiger charge is -2.43. The molecule has 4 unspecified atom stereocenters. The summed E-state index contributed by atoms with van der Waals surface area (Å²) in [6, 6.07) is 6.07. The second kappa shape index (κ2) is 7.54. The Morgan fingerprint density at radius 1 is 1.14 bits per heavy atom. The lowest BCUT2D eigenvalue weighted by molar-refractivity contribution is -0.136. The van der Waals surface area contributed by atoms with Gasteiger partial charge < -0.3 is 15.5 Å². The molecule has 3 N–H and O–H groups in total. The maximum atomic E-state index is 12.8. The number of piperidine rings is 3. The molecular weight excluding hydrogens is 368 g/mol. The SMILES string of the molecule is O=C1CCC(N2Cc3cc(CNCC4CC5CCC4NC5)ccc3C2=O)C(=O)N1. The quantitative estimate of drug-likeness (QED) is 0.644. The van der Waals surface area contributed by atoms with Crippen molar-refractivity contribution in [2.45, 2.75) is 57.3 Å². The summed E-state index contributed by atoms with van der Waals surface area (Å²) in [6.07, 6.45) is 4.68.